The van der Waals surface area contributed by atoms with Gasteiger partial charge in [-0.2, -0.15) is 5.10 Å². The molecule has 1 aromatic rings. The van der Waals surface area contributed by atoms with Crippen molar-refractivity contribution in [1.29, 1.82) is 0 Å². The molecule has 1 atom stereocenters. The molecule has 1 saturated heterocycles. The monoisotopic (exact) mass is 356 g/mol. The molecule has 3 amide bonds. The largest absolute Gasteiger partial charge is 0.483 e. The van der Waals surface area contributed by atoms with Crippen LogP contribution in [-0.4, -0.2) is 53.6 Å². The second-order valence-corrected chi connectivity index (χ2v) is 6.89. The van der Waals surface area contributed by atoms with Crippen molar-refractivity contribution in [3.05, 3.63) is 29.8 Å². The Morgan fingerprint density at radius 2 is 2.08 bits per heavy atom. The van der Waals surface area contributed by atoms with Gasteiger partial charge in [-0.1, -0.05) is 12.1 Å². The van der Waals surface area contributed by atoms with Crippen LogP contribution < -0.4 is 15.5 Å². The zero-order chi connectivity index (χ0) is 18.1. The summed E-state index contributed by atoms with van der Waals surface area (Å²) in [5.41, 5.74) is 2.57. The van der Waals surface area contributed by atoms with Crippen molar-refractivity contribution in [3.8, 4) is 5.75 Å². The van der Waals surface area contributed by atoms with Crippen molar-refractivity contribution >= 4 is 23.4 Å². The van der Waals surface area contributed by atoms with Crippen LogP contribution in [0.2, 0.25) is 0 Å². The summed E-state index contributed by atoms with van der Waals surface area (Å²) in [7, 11) is 0. The van der Waals surface area contributed by atoms with Gasteiger partial charge in [-0.25, -0.2) is 5.43 Å². The number of nitrogens with zero attached hydrogens (tertiary/aromatic N) is 2. The number of piperidine rings is 1. The van der Waals surface area contributed by atoms with Gasteiger partial charge < -0.3 is 15.0 Å². The first kappa shape index (κ1) is 16.6. The number of amides is 3. The van der Waals surface area contributed by atoms with E-state index >= 15 is 0 Å². The number of ether oxygens (including phenoxy) is 1. The number of fused-ring (bicyclic) bond motifs is 1. The maximum Gasteiger partial charge on any atom is 0.270 e. The van der Waals surface area contributed by atoms with Gasteiger partial charge in [0.25, 0.3) is 11.8 Å². The van der Waals surface area contributed by atoms with Crippen LogP contribution in [0.4, 0.5) is 0 Å². The summed E-state index contributed by atoms with van der Waals surface area (Å²) >= 11 is 0. The van der Waals surface area contributed by atoms with Gasteiger partial charge in [0.15, 0.2) is 0 Å². The van der Waals surface area contributed by atoms with E-state index in [1.165, 1.54) is 0 Å². The van der Waals surface area contributed by atoms with Gasteiger partial charge in [0.1, 0.15) is 17.1 Å². The summed E-state index contributed by atoms with van der Waals surface area (Å²) in [6, 6.07) is 7.14. The molecule has 136 valence electrons. The Kier molecular flexibility index (Phi) is 4.10. The fourth-order valence-corrected chi connectivity index (χ4v) is 3.66. The predicted molar refractivity (Wildman–Crippen MR) is 92.8 cm³/mol. The molecule has 1 fully saturated rings. The summed E-state index contributed by atoms with van der Waals surface area (Å²) in [5.74, 6) is 0.0129. The third kappa shape index (κ3) is 3.02. The molecule has 1 aromatic carbocycles. The van der Waals surface area contributed by atoms with Gasteiger partial charge in [-0.05, 0) is 25.0 Å². The average Bonchev–Trinajstić information content (AvgIpc) is 2.79. The second-order valence-electron chi connectivity index (χ2n) is 6.89. The lowest BCUT2D eigenvalue weighted by Crippen LogP contribution is -2.59. The maximum absolute atomic E-state index is 12.8. The molecule has 0 saturated carbocycles. The number of nitrogens with one attached hydrogen (secondary N) is 2. The molecule has 3 aliphatic heterocycles. The lowest BCUT2D eigenvalue weighted by molar-refractivity contribution is -0.129. The molecular weight excluding hydrogens is 336 g/mol. The van der Waals surface area contributed by atoms with Crippen LogP contribution in [0.25, 0.3) is 0 Å². The second kappa shape index (κ2) is 6.44. The highest BCUT2D eigenvalue weighted by molar-refractivity contribution is 6.39. The Hall–Kier alpha value is -2.90. The van der Waals surface area contributed by atoms with E-state index in [2.05, 4.69) is 15.8 Å². The fourth-order valence-electron chi connectivity index (χ4n) is 3.66. The molecule has 8 heteroatoms. The van der Waals surface area contributed by atoms with E-state index in [-0.39, 0.29) is 24.1 Å². The predicted octanol–water partition coefficient (Wildman–Crippen LogP) is 0.436. The minimum Gasteiger partial charge on any atom is -0.483 e. The van der Waals surface area contributed by atoms with Gasteiger partial charge >= 0.3 is 0 Å². The molecule has 0 aliphatic carbocycles. The van der Waals surface area contributed by atoms with Crippen LogP contribution in [0.3, 0.4) is 0 Å². The minimum atomic E-state index is -0.658. The molecule has 4 rings (SSSR count). The number of benzene rings is 1. The fraction of sp³-hybridized carbons (Fsp3) is 0.444. The van der Waals surface area contributed by atoms with Crippen LogP contribution in [0.5, 0.6) is 5.75 Å². The minimum absolute atomic E-state index is 0.166. The molecule has 26 heavy (non-hydrogen) atoms. The van der Waals surface area contributed by atoms with E-state index in [9.17, 15) is 14.4 Å². The third-order valence-electron chi connectivity index (χ3n) is 5.01. The lowest BCUT2D eigenvalue weighted by atomic mass is 9.91. The van der Waals surface area contributed by atoms with Gasteiger partial charge in [0.2, 0.25) is 5.91 Å². The number of hydrogen-bond acceptors (Lipinski definition) is 5. The van der Waals surface area contributed by atoms with E-state index in [1.54, 1.807) is 23.1 Å². The Balaban J connectivity index is 1.55. The Labute approximate surface area is 150 Å². The molecule has 0 radical (unpaired) electrons. The Bertz CT molecular complexity index is 806. The first-order valence-electron chi connectivity index (χ1n) is 8.77. The molecule has 2 N–H and O–H groups in total. The first-order valence-corrected chi connectivity index (χ1v) is 8.77. The van der Waals surface area contributed by atoms with E-state index in [0.717, 1.165) is 12.8 Å². The Morgan fingerprint density at radius 3 is 2.88 bits per heavy atom. The van der Waals surface area contributed by atoms with E-state index in [4.69, 9.17) is 4.74 Å². The molecule has 0 aromatic heterocycles. The highest BCUT2D eigenvalue weighted by Crippen LogP contribution is 2.32. The summed E-state index contributed by atoms with van der Waals surface area (Å²) in [6.45, 7) is 1.31. The van der Waals surface area contributed by atoms with Crippen molar-refractivity contribution in [1.82, 2.24) is 15.6 Å². The van der Waals surface area contributed by atoms with Crippen LogP contribution in [0.1, 0.15) is 36.0 Å². The molecule has 1 spiro atoms. The van der Waals surface area contributed by atoms with E-state index in [1.807, 2.05) is 6.07 Å². The first-order chi connectivity index (χ1) is 12.6. The van der Waals surface area contributed by atoms with Gasteiger partial charge in [0, 0.05) is 19.4 Å². The number of rotatable bonds is 1. The molecule has 3 aliphatic rings. The number of hydrogen-bond donors (Lipinski definition) is 2. The molecule has 1 unspecified atom stereocenters. The number of para-hydroxylation sites is 1. The van der Waals surface area contributed by atoms with Crippen molar-refractivity contribution in [2.24, 2.45) is 5.10 Å². The number of carbonyl (C=O) groups is 3. The number of carbonyl (C=O) groups excluding carboxylic acids is 3. The van der Waals surface area contributed by atoms with Crippen molar-refractivity contribution in [2.75, 3.05) is 19.6 Å². The highest BCUT2D eigenvalue weighted by atomic mass is 16.5. The SMILES string of the molecule is O=C1CCC(C(=O)N2CCCC3(CNC(=O)c4ccccc4O3)C2)=NN1. The van der Waals surface area contributed by atoms with Gasteiger partial charge in [-0.3, -0.25) is 14.4 Å². The summed E-state index contributed by atoms with van der Waals surface area (Å²) < 4.78 is 6.25. The van der Waals surface area contributed by atoms with Crippen LogP contribution in [0.15, 0.2) is 29.4 Å². The molecule has 8 nitrogen and oxygen atoms in total. The smallest absolute Gasteiger partial charge is 0.270 e. The van der Waals surface area contributed by atoms with Crippen molar-refractivity contribution < 1.29 is 19.1 Å². The van der Waals surface area contributed by atoms with E-state index < -0.39 is 5.60 Å². The number of hydrazone groups is 1. The summed E-state index contributed by atoms with van der Waals surface area (Å²) in [4.78, 5) is 38.0. The standard InChI is InChI=1S/C18H20N4O4/c23-15-7-6-13(20-21-15)17(25)22-9-3-8-18(11-22)10-19-16(24)12-4-1-2-5-14(12)26-18/h1-2,4-5H,3,6-11H2,(H,19,24)(H,21,23). The lowest BCUT2D eigenvalue weighted by Gasteiger charge is -2.42. The Morgan fingerprint density at radius 1 is 1.23 bits per heavy atom. The maximum atomic E-state index is 12.8. The third-order valence-corrected chi connectivity index (χ3v) is 5.01. The molecular formula is C18H20N4O4. The van der Waals surface area contributed by atoms with Crippen LogP contribution in [0, 0.1) is 0 Å². The van der Waals surface area contributed by atoms with Crippen LogP contribution >= 0.6 is 0 Å². The van der Waals surface area contributed by atoms with Gasteiger partial charge in [0.05, 0.1) is 18.7 Å². The van der Waals surface area contributed by atoms with Gasteiger partial charge in [-0.15, -0.1) is 0 Å². The average molecular weight is 356 g/mol. The molecule has 0 bridgehead atoms. The van der Waals surface area contributed by atoms with E-state index in [0.29, 0.717) is 43.1 Å². The normalized spacial score (nSPS) is 25.4. The quantitative estimate of drug-likeness (QED) is 0.762. The molecule has 3 heterocycles. The summed E-state index contributed by atoms with van der Waals surface area (Å²) in [5, 5.41) is 6.82. The summed E-state index contributed by atoms with van der Waals surface area (Å²) in [6.07, 6.45) is 2.12. The van der Waals surface area contributed by atoms with Crippen molar-refractivity contribution in [3.63, 3.8) is 0 Å². The van der Waals surface area contributed by atoms with Crippen LogP contribution in [-0.2, 0) is 9.59 Å². The zero-order valence-corrected chi connectivity index (χ0v) is 14.3. The zero-order valence-electron chi connectivity index (χ0n) is 14.3. The number of likely N-dealkylation sites (tertiary alicyclic amines) is 1. The highest BCUT2D eigenvalue weighted by Gasteiger charge is 2.42. The topological polar surface area (TPSA) is 100 Å². The van der Waals surface area contributed by atoms with Crippen molar-refractivity contribution in [2.45, 2.75) is 31.3 Å².